The summed E-state index contributed by atoms with van der Waals surface area (Å²) in [6.07, 6.45) is 8.63. The van der Waals surface area contributed by atoms with Gasteiger partial charge >= 0.3 is 6.03 Å². The standard InChI is InChI=1S/C25H31N5O4/c1-2-3-4-8-15-30-23(33)25(22(32)27-24(30)34)16-17-20(28-13-9-5-6-11-18(25)28)26-19-12-7-10-14-29(19)21(17)31/h7,10,12,14,18H,2-6,8-9,11,13,15-16H2,1H3,(H,27,32,34)/t18-,25+/m1/s1. The molecule has 0 bridgehead atoms. The van der Waals surface area contributed by atoms with Gasteiger partial charge in [0.15, 0.2) is 5.41 Å². The predicted molar refractivity (Wildman–Crippen MR) is 127 cm³/mol. The molecule has 0 aromatic carbocycles. The lowest BCUT2D eigenvalue weighted by molar-refractivity contribution is -0.153. The number of aromatic nitrogens is 2. The number of imide groups is 2. The fraction of sp³-hybridized carbons (Fsp3) is 0.560. The summed E-state index contributed by atoms with van der Waals surface area (Å²) in [7, 11) is 0. The third-order valence-electron chi connectivity index (χ3n) is 7.59. The highest BCUT2D eigenvalue weighted by Gasteiger charge is 2.62. The lowest BCUT2D eigenvalue weighted by atomic mass is 9.68. The van der Waals surface area contributed by atoms with Gasteiger partial charge in [0.05, 0.1) is 11.6 Å². The molecule has 9 heteroatoms. The number of unbranched alkanes of at least 4 members (excludes halogenated alkanes) is 3. The fourth-order valence-corrected chi connectivity index (χ4v) is 5.83. The molecule has 0 saturated carbocycles. The number of carbonyl (C=O) groups excluding carboxylic acids is 3. The minimum absolute atomic E-state index is 0.0451. The molecule has 5 heterocycles. The summed E-state index contributed by atoms with van der Waals surface area (Å²) < 4.78 is 1.46. The number of nitrogens with one attached hydrogen (secondary N) is 1. The van der Waals surface area contributed by atoms with Crippen LogP contribution in [0.1, 0.15) is 63.9 Å². The molecule has 4 amide bonds. The van der Waals surface area contributed by atoms with Crippen LogP contribution >= 0.6 is 0 Å². The first-order valence-corrected chi connectivity index (χ1v) is 12.4. The van der Waals surface area contributed by atoms with Crippen LogP contribution in [0.2, 0.25) is 0 Å². The normalized spacial score (nSPS) is 24.7. The fourth-order valence-electron chi connectivity index (χ4n) is 5.83. The zero-order valence-corrected chi connectivity index (χ0v) is 19.6. The second-order valence-electron chi connectivity index (χ2n) is 9.63. The first-order chi connectivity index (χ1) is 16.5. The summed E-state index contributed by atoms with van der Waals surface area (Å²) in [5, 5.41) is 2.47. The molecule has 3 aliphatic rings. The van der Waals surface area contributed by atoms with Crippen LogP contribution in [-0.2, 0) is 16.0 Å². The van der Waals surface area contributed by atoms with Crippen LogP contribution in [0.5, 0.6) is 0 Å². The summed E-state index contributed by atoms with van der Waals surface area (Å²) in [5.41, 5.74) is -0.877. The molecular formula is C25H31N5O4. The van der Waals surface area contributed by atoms with Crippen molar-refractivity contribution < 1.29 is 14.4 Å². The number of barbiturate groups is 1. The maximum Gasteiger partial charge on any atom is 0.330 e. The van der Waals surface area contributed by atoms with E-state index in [0.29, 0.717) is 36.4 Å². The smallest absolute Gasteiger partial charge is 0.330 e. The molecule has 1 N–H and O–H groups in total. The van der Waals surface area contributed by atoms with Crippen LogP contribution in [0.15, 0.2) is 29.2 Å². The van der Waals surface area contributed by atoms with Crippen molar-refractivity contribution in [2.24, 2.45) is 5.41 Å². The average Bonchev–Trinajstić information content (AvgIpc) is 3.10. The van der Waals surface area contributed by atoms with Crippen molar-refractivity contribution in [3.05, 3.63) is 40.3 Å². The van der Waals surface area contributed by atoms with Gasteiger partial charge in [-0.25, -0.2) is 9.78 Å². The van der Waals surface area contributed by atoms with E-state index in [0.717, 1.165) is 38.5 Å². The van der Waals surface area contributed by atoms with Crippen molar-refractivity contribution in [3.8, 4) is 0 Å². The van der Waals surface area contributed by atoms with Gasteiger partial charge in [0, 0.05) is 25.7 Å². The van der Waals surface area contributed by atoms with Gasteiger partial charge in [0.2, 0.25) is 11.8 Å². The number of pyridine rings is 1. The SMILES string of the molecule is CCCCCCN1C(=O)NC(=O)[C@@]2(Cc3c(nc4ccccn4c3=O)N3CCCCC[C@@H]32)C1=O. The molecule has 2 aromatic heterocycles. The van der Waals surface area contributed by atoms with E-state index in [4.69, 9.17) is 4.98 Å². The number of rotatable bonds is 5. The van der Waals surface area contributed by atoms with Gasteiger partial charge in [-0.1, -0.05) is 45.1 Å². The molecule has 9 nitrogen and oxygen atoms in total. The van der Waals surface area contributed by atoms with Crippen molar-refractivity contribution in [2.75, 3.05) is 18.0 Å². The predicted octanol–water partition coefficient (Wildman–Crippen LogP) is 2.64. The van der Waals surface area contributed by atoms with E-state index in [1.807, 2.05) is 11.0 Å². The van der Waals surface area contributed by atoms with Crippen LogP contribution < -0.4 is 15.8 Å². The summed E-state index contributed by atoms with van der Waals surface area (Å²) in [6.45, 7) is 2.98. The van der Waals surface area contributed by atoms with Gasteiger partial charge in [0.25, 0.3) is 5.56 Å². The Bertz CT molecular complexity index is 1210. The highest BCUT2D eigenvalue weighted by atomic mass is 16.2. The highest BCUT2D eigenvalue weighted by Crippen LogP contribution is 2.45. The van der Waals surface area contributed by atoms with E-state index in [9.17, 15) is 19.2 Å². The third-order valence-corrected chi connectivity index (χ3v) is 7.59. The minimum atomic E-state index is -1.51. The lowest BCUT2D eigenvalue weighted by Gasteiger charge is -2.50. The van der Waals surface area contributed by atoms with Gasteiger partial charge in [0.1, 0.15) is 11.5 Å². The van der Waals surface area contributed by atoms with Crippen molar-refractivity contribution in [3.63, 3.8) is 0 Å². The summed E-state index contributed by atoms with van der Waals surface area (Å²) >= 11 is 0. The first kappa shape index (κ1) is 22.6. The number of amides is 4. The van der Waals surface area contributed by atoms with Crippen molar-refractivity contribution in [2.45, 2.75) is 70.8 Å². The molecule has 0 radical (unpaired) electrons. The Hall–Kier alpha value is -3.23. The molecule has 0 unspecified atom stereocenters. The van der Waals surface area contributed by atoms with Gasteiger partial charge in [-0.3, -0.25) is 29.0 Å². The van der Waals surface area contributed by atoms with Gasteiger partial charge in [-0.2, -0.15) is 0 Å². The zero-order chi connectivity index (χ0) is 23.9. The van der Waals surface area contributed by atoms with Crippen molar-refractivity contribution in [1.82, 2.24) is 19.6 Å². The van der Waals surface area contributed by atoms with Crippen molar-refractivity contribution >= 4 is 29.3 Å². The number of anilines is 1. The second kappa shape index (κ2) is 8.85. The van der Waals surface area contributed by atoms with Crippen LogP contribution in [0.4, 0.5) is 10.6 Å². The van der Waals surface area contributed by atoms with E-state index in [1.54, 1.807) is 18.3 Å². The Morgan fingerprint density at radius 2 is 1.94 bits per heavy atom. The molecule has 2 fully saturated rings. The van der Waals surface area contributed by atoms with E-state index < -0.39 is 29.3 Å². The number of hydrogen-bond acceptors (Lipinski definition) is 6. The monoisotopic (exact) mass is 465 g/mol. The Morgan fingerprint density at radius 1 is 1.09 bits per heavy atom. The Morgan fingerprint density at radius 3 is 2.76 bits per heavy atom. The van der Waals surface area contributed by atoms with Crippen molar-refractivity contribution in [1.29, 1.82) is 0 Å². The number of carbonyl (C=O) groups is 3. The van der Waals surface area contributed by atoms with Crippen LogP contribution in [0, 0.1) is 5.41 Å². The Balaban J connectivity index is 1.63. The maximum absolute atomic E-state index is 14.0. The highest BCUT2D eigenvalue weighted by molar-refractivity contribution is 6.20. The zero-order valence-electron chi connectivity index (χ0n) is 19.6. The van der Waals surface area contributed by atoms with E-state index >= 15 is 0 Å². The number of hydrogen-bond donors (Lipinski definition) is 1. The topological polar surface area (TPSA) is 104 Å². The van der Waals surface area contributed by atoms with E-state index in [2.05, 4.69) is 12.2 Å². The molecule has 2 aromatic rings. The van der Waals surface area contributed by atoms with E-state index in [-0.39, 0.29) is 18.5 Å². The van der Waals surface area contributed by atoms with Gasteiger partial charge in [-0.15, -0.1) is 0 Å². The summed E-state index contributed by atoms with van der Waals surface area (Å²) in [5.74, 6) is -0.494. The molecule has 5 rings (SSSR count). The summed E-state index contributed by atoms with van der Waals surface area (Å²) in [6, 6.07) is 4.27. The third kappa shape index (κ3) is 3.40. The van der Waals surface area contributed by atoms with E-state index in [1.165, 1.54) is 9.30 Å². The Kier molecular flexibility index (Phi) is 5.87. The first-order valence-electron chi connectivity index (χ1n) is 12.4. The number of nitrogens with zero attached hydrogens (tertiary/aromatic N) is 4. The van der Waals surface area contributed by atoms with Crippen LogP contribution in [0.25, 0.3) is 5.65 Å². The molecule has 0 aliphatic carbocycles. The number of fused-ring (bicyclic) bond motifs is 5. The van der Waals surface area contributed by atoms with Crippen LogP contribution in [-0.4, -0.2) is 51.3 Å². The Labute approximate surface area is 198 Å². The quantitative estimate of drug-likeness (QED) is 0.538. The second-order valence-corrected chi connectivity index (χ2v) is 9.63. The lowest BCUT2D eigenvalue weighted by Crippen LogP contribution is -2.72. The van der Waals surface area contributed by atoms with Gasteiger partial charge in [-0.05, 0) is 31.4 Å². The molecular weight excluding hydrogens is 434 g/mol. The average molecular weight is 466 g/mol. The number of urea groups is 1. The molecule has 180 valence electrons. The molecule has 3 aliphatic heterocycles. The molecule has 34 heavy (non-hydrogen) atoms. The maximum atomic E-state index is 14.0. The van der Waals surface area contributed by atoms with Gasteiger partial charge < -0.3 is 4.90 Å². The van der Waals surface area contributed by atoms with Crippen LogP contribution in [0.3, 0.4) is 0 Å². The molecule has 2 atom stereocenters. The molecule has 2 saturated heterocycles. The minimum Gasteiger partial charge on any atom is -0.352 e. The molecule has 1 spiro atoms. The largest absolute Gasteiger partial charge is 0.352 e. The summed E-state index contributed by atoms with van der Waals surface area (Å²) in [4.78, 5) is 61.8.